The number of piperazine rings is 1. The number of hydrogen-bond donors (Lipinski definition) is 0. The minimum atomic E-state index is -0.308. The number of carbonyl (C=O) groups excluding carboxylic acids is 2. The Hall–Kier alpha value is -2.76. The fourth-order valence-electron chi connectivity index (χ4n) is 3.95. The lowest BCUT2D eigenvalue weighted by atomic mass is 10.0. The van der Waals surface area contributed by atoms with Gasteiger partial charge in [-0.3, -0.25) is 4.79 Å². The van der Waals surface area contributed by atoms with Crippen LogP contribution in [-0.2, 0) is 11.3 Å². The zero-order valence-corrected chi connectivity index (χ0v) is 17.9. The molecule has 1 aliphatic heterocycles. The van der Waals surface area contributed by atoms with Gasteiger partial charge in [0.1, 0.15) is 5.69 Å². The predicted molar refractivity (Wildman–Crippen MR) is 115 cm³/mol. The molecule has 2 aromatic rings. The molecule has 1 fully saturated rings. The number of ether oxygens (including phenoxy) is 1. The Kier molecular flexibility index (Phi) is 6.30. The highest BCUT2D eigenvalue weighted by Gasteiger charge is 2.29. The van der Waals surface area contributed by atoms with E-state index in [1.54, 1.807) is 11.8 Å². The third-order valence-electron chi connectivity index (χ3n) is 5.61. The van der Waals surface area contributed by atoms with E-state index >= 15 is 0 Å². The van der Waals surface area contributed by atoms with Crippen molar-refractivity contribution in [1.29, 1.82) is 0 Å². The van der Waals surface area contributed by atoms with Crippen molar-refractivity contribution in [3.05, 3.63) is 47.7 Å². The monoisotopic (exact) mass is 397 g/mol. The molecule has 1 saturated heterocycles. The SMILES string of the molecule is C=CCn1c(C(=O)N2CCN(C(=O)OCC)CC2)c(C)c2cc(C(C)C)ccc21. The molecule has 6 heteroatoms. The molecular weight excluding hydrogens is 366 g/mol. The van der Waals surface area contributed by atoms with Gasteiger partial charge >= 0.3 is 6.09 Å². The molecule has 6 nitrogen and oxygen atoms in total. The van der Waals surface area contributed by atoms with Gasteiger partial charge in [0.15, 0.2) is 0 Å². The summed E-state index contributed by atoms with van der Waals surface area (Å²) < 4.78 is 7.13. The zero-order valence-electron chi connectivity index (χ0n) is 17.9. The standard InChI is InChI=1S/C23H31N3O3/c1-6-10-26-20-9-8-18(16(3)4)15-19(20)17(5)21(26)22(27)24-11-13-25(14-12-24)23(28)29-7-2/h6,8-9,15-16H,1,7,10-14H2,2-5H3. The van der Waals surface area contributed by atoms with Crippen LogP contribution >= 0.6 is 0 Å². The van der Waals surface area contributed by atoms with Crippen LogP contribution in [-0.4, -0.2) is 59.2 Å². The van der Waals surface area contributed by atoms with Gasteiger partial charge in [0.05, 0.1) is 6.61 Å². The van der Waals surface area contributed by atoms with Crippen LogP contribution < -0.4 is 0 Å². The summed E-state index contributed by atoms with van der Waals surface area (Å²) in [5, 5.41) is 1.12. The van der Waals surface area contributed by atoms with Gasteiger partial charge in [-0.2, -0.15) is 0 Å². The largest absolute Gasteiger partial charge is 0.450 e. The molecule has 0 atom stereocenters. The molecule has 2 heterocycles. The average Bonchev–Trinajstić information content (AvgIpc) is 2.99. The minimum Gasteiger partial charge on any atom is -0.450 e. The Bertz CT molecular complexity index is 921. The van der Waals surface area contributed by atoms with Crippen molar-refractivity contribution in [2.75, 3.05) is 32.8 Å². The van der Waals surface area contributed by atoms with E-state index in [-0.39, 0.29) is 12.0 Å². The quantitative estimate of drug-likeness (QED) is 0.712. The molecule has 3 rings (SSSR count). The van der Waals surface area contributed by atoms with Crippen molar-refractivity contribution in [2.45, 2.75) is 40.2 Å². The third kappa shape index (κ3) is 4.02. The van der Waals surface area contributed by atoms with Crippen LogP contribution in [0.4, 0.5) is 4.79 Å². The molecule has 0 N–H and O–H groups in total. The summed E-state index contributed by atoms with van der Waals surface area (Å²) >= 11 is 0. The van der Waals surface area contributed by atoms with Crippen molar-refractivity contribution < 1.29 is 14.3 Å². The zero-order chi connectivity index (χ0) is 21.1. The van der Waals surface area contributed by atoms with E-state index in [0.717, 1.165) is 16.5 Å². The van der Waals surface area contributed by atoms with Crippen molar-refractivity contribution >= 4 is 22.9 Å². The molecule has 0 radical (unpaired) electrons. The molecule has 0 bridgehead atoms. The predicted octanol–water partition coefficient (Wildman–Crippen LogP) is 4.17. The van der Waals surface area contributed by atoms with E-state index in [1.165, 1.54) is 5.56 Å². The number of nitrogens with zero attached hydrogens (tertiary/aromatic N) is 3. The highest BCUT2D eigenvalue weighted by molar-refractivity contribution is 6.02. The third-order valence-corrected chi connectivity index (χ3v) is 5.61. The van der Waals surface area contributed by atoms with E-state index in [2.05, 4.69) is 43.2 Å². The van der Waals surface area contributed by atoms with Gasteiger partial charge in [-0.05, 0) is 43.0 Å². The van der Waals surface area contributed by atoms with Crippen molar-refractivity contribution in [3.63, 3.8) is 0 Å². The van der Waals surface area contributed by atoms with Crippen LogP contribution in [0.5, 0.6) is 0 Å². The molecule has 0 spiro atoms. The van der Waals surface area contributed by atoms with Gasteiger partial charge in [-0.25, -0.2) is 4.79 Å². The smallest absolute Gasteiger partial charge is 0.409 e. The number of allylic oxidation sites excluding steroid dienone is 1. The fraction of sp³-hybridized carbons (Fsp3) is 0.478. The number of rotatable bonds is 5. The summed E-state index contributed by atoms with van der Waals surface area (Å²) in [5.74, 6) is 0.437. The van der Waals surface area contributed by atoms with Crippen LogP contribution in [0.15, 0.2) is 30.9 Å². The lowest BCUT2D eigenvalue weighted by molar-refractivity contribution is 0.0562. The van der Waals surface area contributed by atoms with Gasteiger partial charge in [-0.15, -0.1) is 6.58 Å². The van der Waals surface area contributed by atoms with Gasteiger partial charge in [0.2, 0.25) is 0 Å². The summed E-state index contributed by atoms with van der Waals surface area (Å²) in [6, 6.07) is 6.44. The second-order valence-corrected chi connectivity index (χ2v) is 7.78. The number of aryl methyl sites for hydroxylation is 1. The van der Waals surface area contributed by atoms with Gasteiger partial charge in [-0.1, -0.05) is 26.0 Å². The summed E-state index contributed by atoms with van der Waals surface area (Å²) in [6.45, 7) is 15.0. The van der Waals surface area contributed by atoms with Crippen LogP contribution in [0.25, 0.3) is 10.9 Å². The molecular formula is C23H31N3O3. The number of carbonyl (C=O) groups is 2. The Balaban J connectivity index is 1.91. The van der Waals surface area contributed by atoms with E-state index in [1.807, 2.05) is 17.9 Å². The Morgan fingerprint density at radius 2 is 1.83 bits per heavy atom. The number of amides is 2. The number of fused-ring (bicyclic) bond motifs is 1. The summed E-state index contributed by atoms with van der Waals surface area (Å²) in [7, 11) is 0. The van der Waals surface area contributed by atoms with Crippen LogP contribution in [0.3, 0.4) is 0 Å². The van der Waals surface area contributed by atoms with E-state index < -0.39 is 0 Å². The fourth-order valence-corrected chi connectivity index (χ4v) is 3.95. The molecule has 29 heavy (non-hydrogen) atoms. The lowest BCUT2D eigenvalue weighted by Gasteiger charge is -2.34. The maximum Gasteiger partial charge on any atom is 0.409 e. The van der Waals surface area contributed by atoms with Crippen molar-refractivity contribution in [2.24, 2.45) is 0 Å². The Labute approximate surface area is 172 Å². The molecule has 1 aromatic carbocycles. The first-order valence-corrected chi connectivity index (χ1v) is 10.3. The van der Waals surface area contributed by atoms with Gasteiger partial charge in [0.25, 0.3) is 5.91 Å². The first-order valence-electron chi connectivity index (χ1n) is 10.3. The normalized spacial score (nSPS) is 14.5. The first-order chi connectivity index (χ1) is 13.9. The van der Waals surface area contributed by atoms with E-state index in [0.29, 0.717) is 50.9 Å². The molecule has 0 saturated carbocycles. The molecule has 0 unspecified atom stereocenters. The summed E-state index contributed by atoms with van der Waals surface area (Å²) in [5.41, 5.74) is 4.03. The number of aromatic nitrogens is 1. The van der Waals surface area contributed by atoms with Crippen molar-refractivity contribution in [1.82, 2.24) is 14.4 Å². The highest BCUT2D eigenvalue weighted by Crippen LogP contribution is 2.30. The molecule has 0 aliphatic carbocycles. The molecule has 156 valence electrons. The Morgan fingerprint density at radius 3 is 2.41 bits per heavy atom. The minimum absolute atomic E-state index is 0.00940. The van der Waals surface area contributed by atoms with Gasteiger partial charge in [0, 0.05) is 43.6 Å². The van der Waals surface area contributed by atoms with Crippen LogP contribution in [0.2, 0.25) is 0 Å². The van der Waals surface area contributed by atoms with Gasteiger partial charge < -0.3 is 19.1 Å². The van der Waals surface area contributed by atoms with Crippen LogP contribution in [0.1, 0.15) is 48.3 Å². The highest BCUT2D eigenvalue weighted by atomic mass is 16.6. The van der Waals surface area contributed by atoms with Crippen LogP contribution in [0, 0.1) is 6.92 Å². The molecule has 2 amide bonds. The summed E-state index contributed by atoms with van der Waals surface area (Å²) in [6.07, 6.45) is 1.52. The van der Waals surface area contributed by atoms with E-state index in [9.17, 15) is 9.59 Å². The van der Waals surface area contributed by atoms with E-state index in [4.69, 9.17) is 4.74 Å². The first kappa shape index (κ1) is 21.0. The Morgan fingerprint density at radius 1 is 1.17 bits per heavy atom. The second kappa shape index (κ2) is 8.72. The maximum absolute atomic E-state index is 13.4. The average molecular weight is 398 g/mol. The molecule has 1 aliphatic rings. The number of hydrogen-bond acceptors (Lipinski definition) is 3. The maximum atomic E-state index is 13.4. The molecule has 1 aromatic heterocycles. The topological polar surface area (TPSA) is 54.8 Å². The lowest BCUT2D eigenvalue weighted by Crippen LogP contribution is -2.51. The second-order valence-electron chi connectivity index (χ2n) is 7.78. The number of benzene rings is 1. The van der Waals surface area contributed by atoms with Crippen molar-refractivity contribution in [3.8, 4) is 0 Å². The summed E-state index contributed by atoms with van der Waals surface area (Å²) in [4.78, 5) is 28.9.